The number of aromatic nitrogens is 6. The minimum Gasteiger partial charge on any atom is -0.208 e. The highest BCUT2D eigenvalue weighted by molar-refractivity contribution is 6.28. The molecule has 64 heavy (non-hydrogen) atoms. The Balaban J connectivity index is 0.981. The number of nitrogens with zero attached hydrogens (tertiary/aromatic N) is 6. The molecule has 0 spiro atoms. The minimum absolute atomic E-state index is 0.625. The van der Waals surface area contributed by atoms with Crippen molar-refractivity contribution in [3.05, 3.63) is 218 Å². The van der Waals surface area contributed by atoms with E-state index in [1.54, 1.807) is 0 Å². The topological polar surface area (TPSA) is 77.3 Å². The summed E-state index contributed by atoms with van der Waals surface area (Å²) in [7, 11) is 0. The van der Waals surface area contributed by atoms with Crippen molar-refractivity contribution < 1.29 is 0 Å². The highest BCUT2D eigenvalue weighted by atomic mass is 15.0. The summed E-state index contributed by atoms with van der Waals surface area (Å²) < 4.78 is 0. The van der Waals surface area contributed by atoms with E-state index >= 15 is 0 Å². The van der Waals surface area contributed by atoms with Gasteiger partial charge < -0.3 is 0 Å². The zero-order valence-electron chi connectivity index (χ0n) is 34.5. The van der Waals surface area contributed by atoms with Crippen LogP contribution in [0.5, 0.6) is 0 Å². The van der Waals surface area contributed by atoms with Gasteiger partial charge in [0.25, 0.3) is 0 Å². The molecule has 0 unspecified atom stereocenters. The number of hydrogen-bond donors (Lipinski definition) is 0. The molecule has 0 amide bonds. The van der Waals surface area contributed by atoms with Gasteiger partial charge in [0.1, 0.15) is 0 Å². The van der Waals surface area contributed by atoms with E-state index in [-0.39, 0.29) is 0 Å². The summed E-state index contributed by atoms with van der Waals surface area (Å²) in [6, 6.07) is 75.6. The second-order valence-electron chi connectivity index (χ2n) is 15.9. The van der Waals surface area contributed by atoms with Gasteiger partial charge in [0.15, 0.2) is 34.9 Å². The summed E-state index contributed by atoms with van der Waals surface area (Å²) in [6.45, 7) is 0. The van der Waals surface area contributed by atoms with Gasteiger partial charge in [-0.2, -0.15) is 0 Å². The van der Waals surface area contributed by atoms with Crippen LogP contribution >= 0.6 is 0 Å². The molecule has 12 rings (SSSR count). The maximum Gasteiger partial charge on any atom is 0.164 e. The van der Waals surface area contributed by atoms with Crippen molar-refractivity contribution >= 4 is 32.3 Å². The molecule has 0 saturated heterocycles. The standard InChI is InChI=1S/C58H36N6/c1-5-14-41(15-6-1)53-59-54(42-16-7-2-8-17-42)62-57(61-53)45-28-24-37(25-29-45)49-36-50(48-35-33-40-23-13-22-39-32-34-47(49)52(48)51(39)40)38-26-30-46(31-27-38)58-63-55(43-18-9-3-10-19-43)60-56(64-58)44-20-11-4-12-21-44/h1-36H. The van der Waals surface area contributed by atoms with Crippen molar-refractivity contribution in [1.82, 2.24) is 29.9 Å². The largest absolute Gasteiger partial charge is 0.208 e. The van der Waals surface area contributed by atoms with Crippen LogP contribution in [-0.2, 0) is 0 Å². The summed E-state index contributed by atoms with van der Waals surface area (Å²) in [4.78, 5) is 29.8. The fourth-order valence-corrected chi connectivity index (χ4v) is 8.78. The fourth-order valence-electron chi connectivity index (χ4n) is 8.78. The number of benzene rings is 10. The van der Waals surface area contributed by atoms with Crippen molar-refractivity contribution in [2.24, 2.45) is 0 Å². The van der Waals surface area contributed by atoms with Crippen molar-refractivity contribution in [2.75, 3.05) is 0 Å². The zero-order chi connectivity index (χ0) is 42.4. The van der Waals surface area contributed by atoms with Crippen LogP contribution in [0.3, 0.4) is 0 Å². The van der Waals surface area contributed by atoms with Crippen LogP contribution in [0.25, 0.3) is 123 Å². The molecule has 0 radical (unpaired) electrons. The van der Waals surface area contributed by atoms with Crippen molar-refractivity contribution in [2.45, 2.75) is 0 Å². The highest BCUT2D eigenvalue weighted by Gasteiger charge is 2.19. The molecule has 0 bridgehead atoms. The molecule has 0 aliphatic heterocycles. The van der Waals surface area contributed by atoms with E-state index in [9.17, 15) is 0 Å². The third-order valence-electron chi connectivity index (χ3n) is 12.0. The van der Waals surface area contributed by atoms with Crippen LogP contribution in [0.15, 0.2) is 218 Å². The SMILES string of the molecule is c1ccc(-c2nc(-c3ccccc3)nc(-c3ccc(-c4cc(-c5ccc(-c6nc(-c7ccccc7)nc(-c7ccccc7)n6)cc5)c5ccc6cccc7ccc4c5c76)cc3)n2)cc1. The summed E-state index contributed by atoms with van der Waals surface area (Å²) in [5.41, 5.74) is 10.1. The third kappa shape index (κ3) is 6.71. The highest BCUT2D eigenvalue weighted by Crippen LogP contribution is 2.44. The lowest BCUT2D eigenvalue weighted by atomic mass is 9.85. The predicted octanol–water partition coefficient (Wildman–Crippen LogP) is 14.3. The van der Waals surface area contributed by atoms with E-state index in [1.807, 2.05) is 121 Å². The average molecular weight is 817 g/mol. The molecule has 0 aliphatic carbocycles. The smallest absolute Gasteiger partial charge is 0.164 e. The Labute approximate surface area is 369 Å². The Bertz CT molecular complexity index is 3270. The molecule has 0 aliphatic rings. The average Bonchev–Trinajstić information content (AvgIpc) is 3.38. The van der Waals surface area contributed by atoms with E-state index in [0.717, 1.165) is 55.6 Å². The van der Waals surface area contributed by atoms with Crippen molar-refractivity contribution in [3.63, 3.8) is 0 Å². The first-order valence-corrected chi connectivity index (χ1v) is 21.4. The van der Waals surface area contributed by atoms with Crippen LogP contribution in [-0.4, -0.2) is 29.9 Å². The van der Waals surface area contributed by atoms with Crippen LogP contribution < -0.4 is 0 Å². The maximum absolute atomic E-state index is 5.00. The lowest BCUT2D eigenvalue weighted by molar-refractivity contribution is 1.07. The maximum atomic E-state index is 5.00. The van der Waals surface area contributed by atoms with Gasteiger partial charge in [0, 0.05) is 33.4 Å². The molecule has 2 aromatic heterocycles. The molecule has 6 heteroatoms. The lowest BCUT2D eigenvalue weighted by Gasteiger charge is -2.18. The first-order chi connectivity index (χ1) is 31.7. The quantitative estimate of drug-likeness (QED) is 0.142. The lowest BCUT2D eigenvalue weighted by Crippen LogP contribution is -2.00. The van der Waals surface area contributed by atoms with Gasteiger partial charge in [-0.1, -0.05) is 212 Å². The predicted molar refractivity (Wildman–Crippen MR) is 260 cm³/mol. The van der Waals surface area contributed by atoms with Gasteiger partial charge in [-0.3, -0.25) is 0 Å². The van der Waals surface area contributed by atoms with Crippen molar-refractivity contribution in [1.29, 1.82) is 0 Å². The molecule has 10 aromatic carbocycles. The van der Waals surface area contributed by atoms with Crippen LogP contribution in [0, 0.1) is 0 Å². The van der Waals surface area contributed by atoms with Gasteiger partial charge in [0.2, 0.25) is 0 Å². The fraction of sp³-hybridized carbons (Fsp3) is 0. The van der Waals surface area contributed by atoms with E-state index in [1.165, 1.54) is 32.3 Å². The van der Waals surface area contributed by atoms with Gasteiger partial charge in [-0.15, -0.1) is 0 Å². The normalized spacial score (nSPS) is 11.4. The van der Waals surface area contributed by atoms with Gasteiger partial charge in [-0.25, -0.2) is 29.9 Å². The van der Waals surface area contributed by atoms with E-state index in [2.05, 4.69) is 97.1 Å². The van der Waals surface area contributed by atoms with Crippen LogP contribution in [0.2, 0.25) is 0 Å². The second kappa shape index (κ2) is 15.6. The molecule has 0 N–H and O–H groups in total. The Morgan fingerprint density at radius 3 is 0.797 bits per heavy atom. The molecule has 298 valence electrons. The monoisotopic (exact) mass is 816 g/mol. The Hall–Kier alpha value is -8.74. The number of hydrogen-bond acceptors (Lipinski definition) is 6. The zero-order valence-corrected chi connectivity index (χ0v) is 34.5. The Kier molecular flexibility index (Phi) is 9.05. The van der Waals surface area contributed by atoms with E-state index < -0.39 is 0 Å². The molecular formula is C58H36N6. The van der Waals surface area contributed by atoms with Crippen molar-refractivity contribution in [3.8, 4) is 90.6 Å². The first kappa shape index (κ1) is 37.1. The van der Waals surface area contributed by atoms with Crippen LogP contribution in [0.4, 0.5) is 0 Å². The molecule has 12 aromatic rings. The summed E-state index contributed by atoms with van der Waals surface area (Å²) in [5.74, 6) is 3.81. The molecule has 2 heterocycles. The van der Waals surface area contributed by atoms with Crippen LogP contribution in [0.1, 0.15) is 0 Å². The Morgan fingerprint density at radius 2 is 0.484 bits per heavy atom. The molecule has 0 atom stereocenters. The summed E-state index contributed by atoms with van der Waals surface area (Å²) in [5, 5.41) is 7.39. The molecular weight excluding hydrogens is 781 g/mol. The van der Waals surface area contributed by atoms with Gasteiger partial charge in [-0.05, 0) is 60.6 Å². The summed E-state index contributed by atoms with van der Waals surface area (Å²) in [6.07, 6.45) is 0. The summed E-state index contributed by atoms with van der Waals surface area (Å²) >= 11 is 0. The van der Waals surface area contributed by atoms with Gasteiger partial charge in [0.05, 0.1) is 0 Å². The molecule has 6 nitrogen and oxygen atoms in total. The minimum atomic E-state index is 0.625. The van der Waals surface area contributed by atoms with E-state index in [4.69, 9.17) is 29.9 Å². The third-order valence-corrected chi connectivity index (χ3v) is 12.0. The Morgan fingerprint density at radius 1 is 0.203 bits per heavy atom. The second-order valence-corrected chi connectivity index (χ2v) is 15.9. The van der Waals surface area contributed by atoms with E-state index in [0.29, 0.717) is 34.9 Å². The first-order valence-electron chi connectivity index (χ1n) is 21.4. The molecule has 0 fully saturated rings. The van der Waals surface area contributed by atoms with Gasteiger partial charge >= 0.3 is 0 Å². The molecule has 0 saturated carbocycles. The number of rotatable bonds is 8.